The van der Waals surface area contributed by atoms with Crippen LogP contribution in [0.4, 0.5) is 4.79 Å². The van der Waals surface area contributed by atoms with Crippen molar-refractivity contribution in [3.63, 3.8) is 0 Å². The molecule has 7 heteroatoms. The fraction of sp³-hybridized carbons (Fsp3) is 0.471. The van der Waals surface area contributed by atoms with Gasteiger partial charge in [0.05, 0.1) is 13.7 Å². The van der Waals surface area contributed by atoms with Crippen molar-refractivity contribution in [3.8, 4) is 11.8 Å². The Balaban J connectivity index is 2.74. The highest BCUT2D eigenvalue weighted by atomic mass is 16.6. The SMILES string of the molecule is COC(=O)CN(Cc1ccc(OCC#N)cc1)C(=O)OCC(C)C. The highest BCUT2D eigenvalue weighted by Crippen LogP contribution is 2.14. The molecule has 0 atom stereocenters. The van der Waals surface area contributed by atoms with Gasteiger partial charge in [0.15, 0.2) is 6.61 Å². The summed E-state index contributed by atoms with van der Waals surface area (Å²) in [5, 5.41) is 8.48. The molecule has 1 rings (SSSR count). The highest BCUT2D eigenvalue weighted by molar-refractivity contribution is 5.78. The second-order valence-electron chi connectivity index (χ2n) is 5.49. The second-order valence-corrected chi connectivity index (χ2v) is 5.49. The van der Waals surface area contributed by atoms with Gasteiger partial charge in [0.25, 0.3) is 0 Å². The van der Waals surface area contributed by atoms with Crippen LogP contribution in [-0.4, -0.2) is 43.8 Å². The standard InChI is InChI=1S/C17H22N2O5/c1-13(2)12-24-17(21)19(11-16(20)22-3)10-14-4-6-15(7-5-14)23-9-8-18/h4-7,13H,9-12H2,1-3H3. The first kappa shape index (κ1) is 19.3. The Labute approximate surface area is 141 Å². The zero-order valence-corrected chi connectivity index (χ0v) is 14.2. The van der Waals surface area contributed by atoms with E-state index in [-0.39, 0.29) is 32.2 Å². The second kappa shape index (κ2) is 10.1. The first-order valence-corrected chi connectivity index (χ1v) is 7.53. The number of carbonyl (C=O) groups is 2. The monoisotopic (exact) mass is 334 g/mol. The fourth-order valence-corrected chi connectivity index (χ4v) is 1.76. The van der Waals surface area contributed by atoms with Gasteiger partial charge in [-0.1, -0.05) is 26.0 Å². The molecule has 0 fully saturated rings. The molecule has 0 bridgehead atoms. The van der Waals surface area contributed by atoms with Gasteiger partial charge >= 0.3 is 12.1 Å². The number of amides is 1. The van der Waals surface area contributed by atoms with Gasteiger partial charge in [0.2, 0.25) is 0 Å². The summed E-state index contributed by atoms with van der Waals surface area (Å²) < 4.78 is 15.0. The molecule has 0 spiro atoms. The van der Waals surface area contributed by atoms with E-state index in [1.54, 1.807) is 24.3 Å². The Kier molecular flexibility index (Phi) is 8.13. The molecule has 0 aromatic heterocycles. The Morgan fingerprint density at radius 3 is 2.46 bits per heavy atom. The number of ether oxygens (including phenoxy) is 3. The van der Waals surface area contributed by atoms with Crippen molar-refractivity contribution in [2.24, 2.45) is 5.92 Å². The van der Waals surface area contributed by atoms with Crippen LogP contribution in [0.3, 0.4) is 0 Å². The predicted molar refractivity (Wildman–Crippen MR) is 86.2 cm³/mol. The molecular weight excluding hydrogens is 312 g/mol. The molecule has 0 radical (unpaired) electrons. The number of hydrogen-bond donors (Lipinski definition) is 0. The van der Waals surface area contributed by atoms with E-state index in [1.807, 2.05) is 19.9 Å². The minimum Gasteiger partial charge on any atom is -0.479 e. The average molecular weight is 334 g/mol. The number of hydrogen-bond acceptors (Lipinski definition) is 6. The van der Waals surface area contributed by atoms with Crippen molar-refractivity contribution in [1.82, 2.24) is 4.90 Å². The van der Waals surface area contributed by atoms with E-state index in [4.69, 9.17) is 14.7 Å². The molecule has 0 aliphatic heterocycles. The third-order valence-electron chi connectivity index (χ3n) is 2.95. The molecule has 0 saturated carbocycles. The van der Waals surface area contributed by atoms with Crippen LogP contribution in [0.1, 0.15) is 19.4 Å². The quantitative estimate of drug-likeness (QED) is 0.678. The van der Waals surface area contributed by atoms with Crippen LogP contribution < -0.4 is 4.74 Å². The van der Waals surface area contributed by atoms with E-state index in [2.05, 4.69) is 4.74 Å². The average Bonchev–Trinajstić information content (AvgIpc) is 2.58. The lowest BCUT2D eigenvalue weighted by Crippen LogP contribution is -2.36. The zero-order valence-electron chi connectivity index (χ0n) is 14.2. The van der Waals surface area contributed by atoms with E-state index in [0.717, 1.165) is 5.56 Å². The van der Waals surface area contributed by atoms with Crippen LogP contribution in [-0.2, 0) is 20.8 Å². The largest absolute Gasteiger partial charge is 0.479 e. The molecule has 0 heterocycles. The Morgan fingerprint density at radius 1 is 1.25 bits per heavy atom. The molecule has 1 amide bonds. The number of nitrogens with zero attached hydrogens (tertiary/aromatic N) is 2. The molecule has 24 heavy (non-hydrogen) atoms. The fourth-order valence-electron chi connectivity index (χ4n) is 1.76. The van der Waals surface area contributed by atoms with Crippen molar-refractivity contribution in [1.29, 1.82) is 5.26 Å². The highest BCUT2D eigenvalue weighted by Gasteiger charge is 2.19. The van der Waals surface area contributed by atoms with Gasteiger partial charge in [0.1, 0.15) is 18.4 Å². The van der Waals surface area contributed by atoms with E-state index in [0.29, 0.717) is 5.75 Å². The molecule has 1 aromatic carbocycles. The summed E-state index contributed by atoms with van der Waals surface area (Å²) >= 11 is 0. The van der Waals surface area contributed by atoms with Crippen LogP contribution in [0.25, 0.3) is 0 Å². The molecule has 0 aliphatic rings. The molecule has 1 aromatic rings. The first-order chi connectivity index (χ1) is 11.5. The number of carbonyl (C=O) groups excluding carboxylic acids is 2. The van der Waals surface area contributed by atoms with Crippen molar-refractivity contribution in [2.45, 2.75) is 20.4 Å². The lowest BCUT2D eigenvalue weighted by Gasteiger charge is -2.21. The molecule has 0 saturated heterocycles. The maximum absolute atomic E-state index is 12.1. The smallest absolute Gasteiger partial charge is 0.410 e. The number of esters is 1. The van der Waals surface area contributed by atoms with Gasteiger partial charge < -0.3 is 14.2 Å². The van der Waals surface area contributed by atoms with E-state index in [9.17, 15) is 9.59 Å². The third-order valence-corrected chi connectivity index (χ3v) is 2.95. The number of rotatable bonds is 8. The summed E-state index contributed by atoms with van der Waals surface area (Å²) in [5.41, 5.74) is 0.796. The first-order valence-electron chi connectivity index (χ1n) is 7.53. The number of methoxy groups -OCH3 is 1. The van der Waals surface area contributed by atoms with Crippen LogP contribution in [0.5, 0.6) is 5.75 Å². The van der Waals surface area contributed by atoms with Crippen molar-refractivity contribution in [3.05, 3.63) is 29.8 Å². The minimum absolute atomic E-state index is 0.0324. The topological polar surface area (TPSA) is 88.9 Å². The van der Waals surface area contributed by atoms with Crippen molar-refractivity contribution < 1.29 is 23.8 Å². The summed E-state index contributed by atoms with van der Waals surface area (Å²) in [6.45, 7) is 4.10. The summed E-state index contributed by atoms with van der Waals surface area (Å²) in [4.78, 5) is 24.9. The molecule has 130 valence electrons. The van der Waals surface area contributed by atoms with Crippen molar-refractivity contribution in [2.75, 3.05) is 26.9 Å². The lowest BCUT2D eigenvalue weighted by molar-refractivity contribution is -0.141. The van der Waals surface area contributed by atoms with Crippen LogP contribution in [0, 0.1) is 17.2 Å². The van der Waals surface area contributed by atoms with Crippen molar-refractivity contribution >= 4 is 12.1 Å². The normalized spacial score (nSPS) is 9.96. The Morgan fingerprint density at radius 2 is 1.92 bits per heavy atom. The summed E-state index contributed by atoms with van der Waals surface area (Å²) in [6, 6.07) is 8.79. The summed E-state index contributed by atoms with van der Waals surface area (Å²) in [7, 11) is 1.27. The molecule has 7 nitrogen and oxygen atoms in total. The number of benzene rings is 1. The summed E-state index contributed by atoms with van der Waals surface area (Å²) in [5.74, 6) is 0.234. The van der Waals surface area contributed by atoms with Crippen LogP contribution in [0.2, 0.25) is 0 Å². The predicted octanol–water partition coefficient (Wildman–Crippen LogP) is 2.36. The van der Waals surface area contributed by atoms with E-state index < -0.39 is 12.1 Å². The third kappa shape index (κ3) is 7.01. The van der Waals surface area contributed by atoms with E-state index in [1.165, 1.54) is 12.0 Å². The Hall–Kier alpha value is -2.75. The molecule has 0 N–H and O–H groups in total. The van der Waals surface area contributed by atoms with Gasteiger partial charge in [0, 0.05) is 6.54 Å². The molecule has 0 aliphatic carbocycles. The van der Waals surface area contributed by atoms with Crippen LogP contribution >= 0.6 is 0 Å². The lowest BCUT2D eigenvalue weighted by atomic mass is 10.2. The van der Waals surface area contributed by atoms with Gasteiger partial charge in [-0.2, -0.15) is 5.26 Å². The Bertz CT molecular complexity index is 578. The maximum Gasteiger partial charge on any atom is 0.410 e. The van der Waals surface area contributed by atoms with Gasteiger partial charge in [-0.3, -0.25) is 9.69 Å². The van der Waals surface area contributed by atoms with Crippen LogP contribution in [0.15, 0.2) is 24.3 Å². The zero-order chi connectivity index (χ0) is 17.9. The number of nitriles is 1. The van der Waals surface area contributed by atoms with Gasteiger partial charge in [-0.15, -0.1) is 0 Å². The van der Waals surface area contributed by atoms with Gasteiger partial charge in [-0.05, 0) is 23.6 Å². The van der Waals surface area contributed by atoms with Gasteiger partial charge in [-0.25, -0.2) is 4.79 Å². The molecule has 0 unspecified atom stereocenters. The van der Waals surface area contributed by atoms with E-state index >= 15 is 0 Å². The maximum atomic E-state index is 12.1. The molecular formula is C17H22N2O5. The summed E-state index contributed by atoms with van der Waals surface area (Å²) in [6.07, 6.45) is -0.570. The minimum atomic E-state index is -0.570.